The number of imidazole rings is 1. The molecule has 3 atom stereocenters. The van der Waals surface area contributed by atoms with E-state index in [4.69, 9.17) is 9.47 Å². The highest BCUT2D eigenvalue weighted by atomic mass is 79.9. The molecule has 0 aliphatic carbocycles. The Kier molecular flexibility index (Phi) is 5.69. The molecule has 0 radical (unpaired) electrons. The maximum atomic E-state index is 12.8. The van der Waals surface area contributed by atoms with Gasteiger partial charge in [0.25, 0.3) is 0 Å². The number of carbonyl (C=O) groups excluding carboxylic acids is 1. The van der Waals surface area contributed by atoms with Crippen molar-refractivity contribution in [1.82, 2.24) is 19.4 Å². The molecule has 0 spiro atoms. The van der Waals surface area contributed by atoms with Gasteiger partial charge in [-0.2, -0.15) is 0 Å². The van der Waals surface area contributed by atoms with Crippen molar-refractivity contribution in [3.63, 3.8) is 0 Å². The number of pyridine rings is 1. The Hall–Kier alpha value is -2.61. The normalized spacial score (nSPS) is 18.6. The van der Waals surface area contributed by atoms with Gasteiger partial charge < -0.3 is 18.9 Å². The third kappa shape index (κ3) is 3.88. The number of halogens is 1. The lowest BCUT2D eigenvalue weighted by molar-refractivity contribution is -0.129. The number of amides is 1. The third-order valence-corrected chi connectivity index (χ3v) is 6.25. The van der Waals surface area contributed by atoms with E-state index in [1.165, 1.54) is 0 Å². The Bertz CT molecular complexity index is 1070. The number of hydrogen-bond acceptors (Lipinski definition) is 5. The van der Waals surface area contributed by atoms with Crippen LogP contribution in [0.25, 0.3) is 11.0 Å². The second-order valence-electron chi connectivity index (χ2n) is 7.76. The summed E-state index contributed by atoms with van der Waals surface area (Å²) in [5, 5.41) is 0. The van der Waals surface area contributed by atoms with Crippen LogP contribution in [0.4, 0.5) is 0 Å². The SMILES string of the molecule is COc1ccc([C@@H](C)N2CC([C@@H](C)Oc3nc(Br)cc4ncn(C)c34)CC2=O)cc1. The number of benzene rings is 1. The summed E-state index contributed by atoms with van der Waals surface area (Å²) >= 11 is 3.43. The average Bonchev–Trinajstić information content (AvgIpc) is 3.30. The number of rotatable bonds is 6. The van der Waals surface area contributed by atoms with Gasteiger partial charge in [-0.25, -0.2) is 9.97 Å². The van der Waals surface area contributed by atoms with Gasteiger partial charge in [0.1, 0.15) is 22.0 Å². The summed E-state index contributed by atoms with van der Waals surface area (Å²) in [5.74, 6) is 1.57. The maximum Gasteiger partial charge on any atom is 0.241 e. The second kappa shape index (κ2) is 8.26. The van der Waals surface area contributed by atoms with Gasteiger partial charge in [-0.05, 0) is 53.5 Å². The highest BCUT2D eigenvalue weighted by Crippen LogP contribution is 2.33. The summed E-state index contributed by atoms with van der Waals surface area (Å²) in [6.45, 7) is 4.71. The topological polar surface area (TPSA) is 69.5 Å². The van der Waals surface area contributed by atoms with E-state index in [0.29, 0.717) is 23.4 Å². The molecule has 1 amide bonds. The zero-order valence-electron chi connectivity index (χ0n) is 17.5. The molecule has 0 bridgehead atoms. The molecule has 1 aliphatic rings. The molecule has 0 saturated carbocycles. The lowest BCUT2D eigenvalue weighted by Gasteiger charge is -2.26. The monoisotopic (exact) mass is 472 g/mol. The first-order chi connectivity index (χ1) is 14.4. The van der Waals surface area contributed by atoms with Gasteiger partial charge in [0.15, 0.2) is 0 Å². The predicted octanol–water partition coefficient (Wildman–Crippen LogP) is 4.12. The van der Waals surface area contributed by atoms with Crippen molar-refractivity contribution in [3.05, 3.63) is 46.8 Å². The third-order valence-electron chi connectivity index (χ3n) is 5.85. The van der Waals surface area contributed by atoms with E-state index in [9.17, 15) is 4.79 Å². The molecule has 1 aromatic carbocycles. The highest BCUT2D eigenvalue weighted by Gasteiger charge is 2.37. The van der Waals surface area contributed by atoms with Gasteiger partial charge in [-0.1, -0.05) is 12.1 Å². The van der Waals surface area contributed by atoms with E-state index in [2.05, 4.69) is 32.8 Å². The fourth-order valence-electron chi connectivity index (χ4n) is 3.98. The first-order valence-electron chi connectivity index (χ1n) is 9.95. The van der Waals surface area contributed by atoms with Gasteiger partial charge in [-0.15, -0.1) is 0 Å². The predicted molar refractivity (Wildman–Crippen MR) is 118 cm³/mol. The minimum absolute atomic E-state index is 0.00613. The van der Waals surface area contributed by atoms with Gasteiger partial charge in [0, 0.05) is 25.9 Å². The van der Waals surface area contributed by atoms with Crippen LogP contribution in [-0.4, -0.2) is 45.1 Å². The Balaban J connectivity index is 1.49. The highest BCUT2D eigenvalue weighted by molar-refractivity contribution is 9.10. The lowest BCUT2D eigenvalue weighted by Crippen LogP contribution is -2.31. The maximum absolute atomic E-state index is 12.8. The number of aromatic nitrogens is 3. The van der Waals surface area contributed by atoms with Crippen LogP contribution in [0, 0.1) is 5.92 Å². The van der Waals surface area contributed by atoms with Crippen molar-refractivity contribution < 1.29 is 14.3 Å². The molecule has 0 N–H and O–H groups in total. The molecule has 1 fully saturated rings. The van der Waals surface area contributed by atoms with Crippen molar-refractivity contribution >= 4 is 32.9 Å². The van der Waals surface area contributed by atoms with Crippen LogP contribution >= 0.6 is 15.9 Å². The van der Waals surface area contributed by atoms with Crippen molar-refractivity contribution in [3.8, 4) is 11.6 Å². The first-order valence-corrected chi connectivity index (χ1v) is 10.7. The standard InChI is InChI=1S/C22H25BrN4O3/c1-13(15-5-7-17(29-4)8-6-15)27-11-16(9-20(27)28)14(2)30-22-21-18(10-19(23)25-22)24-12-26(21)3/h5-8,10,12-14,16H,9,11H2,1-4H3/t13-,14-,16?/m1/s1. The number of carbonyl (C=O) groups is 1. The molecule has 2 aromatic heterocycles. The van der Waals surface area contributed by atoms with Crippen molar-refractivity contribution in [2.45, 2.75) is 32.4 Å². The summed E-state index contributed by atoms with van der Waals surface area (Å²) < 4.78 is 14.0. The fourth-order valence-corrected chi connectivity index (χ4v) is 4.35. The summed E-state index contributed by atoms with van der Waals surface area (Å²) in [7, 11) is 3.56. The molecular weight excluding hydrogens is 448 g/mol. The molecule has 30 heavy (non-hydrogen) atoms. The molecule has 1 unspecified atom stereocenters. The van der Waals surface area contributed by atoms with Gasteiger partial charge in [0.2, 0.25) is 11.8 Å². The Morgan fingerprint density at radius 3 is 2.67 bits per heavy atom. The molecule has 1 saturated heterocycles. The molecule has 1 aliphatic heterocycles. The van der Waals surface area contributed by atoms with E-state index in [1.54, 1.807) is 13.4 Å². The van der Waals surface area contributed by atoms with Crippen LogP contribution in [-0.2, 0) is 11.8 Å². The van der Waals surface area contributed by atoms with E-state index in [-0.39, 0.29) is 24.0 Å². The van der Waals surface area contributed by atoms with Crippen LogP contribution in [0.2, 0.25) is 0 Å². The van der Waals surface area contributed by atoms with Crippen molar-refractivity contribution in [1.29, 1.82) is 0 Å². The van der Waals surface area contributed by atoms with Crippen LogP contribution < -0.4 is 9.47 Å². The molecule has 7 nitrogen and oxygen atoms in total. The molecule has 4 rings (SSSR count). The van der Waals surface area contributed by atoms with E-state index in [1.807, 2.05) is 53.8 Å². The summed E-state index contributed by atoms with van der Waals surface area (Å²) in [6.07, 6.45) is 2.04. The fraction of sp³-hybridized carbons (Fsp3) is 0.409. The number of nitrogens with zero attached hydrogens (tertiary/aromatic N) is 4. The quantitative estimate of drug-likeness (QED) is 0.504. The summed E-state index contributed by atoms with van der Waals surface area (Å²) in [4.78, 5) is 23.6. The second-order valence-corrected chi connectivity index (χ2v) is 8.57. The van der Waals surface area contributed by atoms with E-state index in [0.717, 1.165) is 22.3 Å². The molecule has 3 heterocycles. The van der Waals surface area contributed by atoms with Gasteiger partial charge in [-0.3, -0.25) is 4.79 Å². The van der Waals surface area contributed by atoms with Crippen molar-refractivity contribution in [2.75, 3.05) is 13.7 Å². The van der Waals surface area contributed by atoms with Gasteiger partial charge >= 0.3 is 0 Å². The minimum atomic E-state index is -0.165. The molecule has 8 heteroatoms. The zero-order chi connectivity index (χ0) is 21.4. The summed E-state index contributed by atoms with van der Waals surface area (Å²) in [5.41, 5.74) is 2.75. The molecular formula is C22H25BrN4O3. The minimum Gasteiger partial charge on any atom is -0.497 e. The smallest absolute Gasteiger partial charge is 0.241 e. The lowest BCUT2D eigenvalue weighted by atomic mass is 10.0. The average molecular weight is 473 g/mol. The summed E-state index contributed by atoms with van der Waals surface area (Å²) in [6, 6.07) is 9.72. The number of methoxy groups -OCH3 is 1. The van der Waals surface area contributed by atoms with Crippen LogP contribution in [0.5, 0.6) is 11.6 Å². The van der Waals surface area contributed by atoms with Crippen molar-refractivity contribution in [2.24, 2.45) is 13.0 Å². The Labute approximate surface area is 184 Å². The zero-order valence-corrected chi connectivity index (χ0v) is 19.1. The Morgan fingerprint density at radius 2 is 1.97 bits per heavy atom. The van der Waals surface area contributed by atoms with Gasteiger partial charge in [0.05, 0.1) is 25.0 Å². The molecule has 3 aromatic rings. The van der Waals surface area contributed by atoms with Crippen LogP contribution in [0.15, 0.2) is 41.3 Å². The van der Waals surface area contributed by atoms with E-state index < -0.39 is 0 Å². The first kappa shape index (κ1) is 20.7. The number of ether oxygens (including phenoxy) is 2. The Morgan fingerprint density at radius 1 is 1.23 bits per heavy atom. The number of fused-ring (bicyclic) bond motifs is 1. The number of aryl methyl sites for hydroxylation is 1. The van der Waals surface area contributed by atoms with E-state index >= 15 is 0 Å². The van der Waals surface area contributed by atoms with Crippen LogP contribution in [0.1, 0.15) is 31.9 Å². The largest absolute Gasteiger partial charge is 0.497 e. The number of likely N-dealkylation sites (tertiary alicyclic amines) is 1. The number of hydrogen-bond donors (Lipinski definition) is 0. The van der Waals surface area contributed by atoms with Crippen LogP contribution in [0.3, 0.4) is 0 Å². The molecule has 158 valence electrons.